The number of ether oxygens (including phenoxy) is 6. The normalized spacial score (nSPS) is 9.90. The van der Waals surface area contributed by atoms with Gasteiger partial charge in [0, 0.05) is 57.9 Å². The fourth-order valence-corrected chi connectivity index (χ4v) is 6.92. The summed E-state index contributed by atoms with van der Waals surface area (Å²) in [6.45, 7) is 14.0. The molecule has 0 saturated heterocycles. The van der Waals surface area contributed by atoms with Crippen LogP contribution in [-0.4, -0.2) is 123 Å². The van der Waals surface area contributed by atoms with Gasteiger partial charge in [0.1, 0.15) is 11.5 Å². The van der Waals surface area contributed by atoms with Crippen LogP contribution < -0.4 is 39.5 Å². The maximum atomic E-state index is 12.5. The molecule has 2 aromatic heterocycles. The first-order chi connectivity index (χ1) is 34.8. The summed E-state index contributed by atoms with van der Waals surface area (Å²) in [4.78, 5) is 46.4. The van der Waals surface area contributed by atoms with E-state index in [2.05, 4.69) is 82.8 Å². The summed E-state index contributed by atoms with van der Waals surface area (Å²) in [6.07, 6.45) is 3.07. The predicted molar refractivity (Wildman–Crippen MR) is 295 cm³/mol. The molecule has 23 heteroatoms. The molecule has 0 spiro atoms. The van der Waals surface area contributed by atoms with Crippen molar-refractivity contribution in [3.8, 4) is 46.3 Å². The van der Waals surface area contributed by atoms with Crippen LogP contribution in [0.5, 0.6) is 46.3 Å². The Labute approximate surface area is 466 Å². The van der Waals surface area contributed by atoms with Gasteiger partial charge >= 0.3 is 34.5 Å². The topological polar surface area (TPSA) is 189 Å². The zero-order valence-corrected chi connectivity index (χ0v) is 51.7. The zero-order valence-electron chi connectivity index (χ0n) is 43.3. The Morgan fingerprint density at radius 2 is 1.07 bits per heavy atom. The molecular weight excluding hydrogens is 1190 g/mol. The van der Waals surface area contributed by atoms with Gasteiger partial charge < -0.3 is 54.2 Å². The second kappa shape index (κ2) is 33.6. The van der Waals surface area contributed by atoms with Gasteiger partial charge in [-0.25, -0.2) is 9.97 Å². The Morgan fingerprint density at radius 1 is 0.644 bits per heavy atom. The van der Waals surface area contributed by atoms with E-state index >= 15 is 0 Å². The molecule has 0 aliphatic carbocycles. The molecule has 0 saturated carbocycles. The van der Waals surface area contributed by atoms with Crippen molar-refractivity contribution in [2.24, 2.45) is 0 Å². The van der Waals surface area contributed by atoms with E-state index in [4.69, 9.17) is 65.1 Å². The van der Waals surface area contributed by atoms with Crippen molar-refractivity contribution in [3.63, 3.8) is 0 Å². The molecule has 0 unspecified atom stereocenters. The number of hydrogen-bond acceptors (Lipinski definition) is 15. The third-order valence-corrected chi connectivity index (χ3v) is 11.1. The zero-order chi connectivity index (χ0) is 54.8. The molecule has 6 rings (SSSR count). The van der Waals surface area contributed by atoms with E-state index in [1.54, 1.807) is 123 Å². The van der Waals surface area contributed by atoms with Crippen LogP contribution in [0.15, 0.2) is 94.1 Å². The first-order valence-corrected chi connectivity index (χ1v) is 32.0. The SMILES string of the molecule is CCN(CC)CC.CN(C)C(=O)c1ccccc1Oc1nc(Cl)ncc1Br.COc1cc(N)cc(C)c1OC.COc1cc(Nc2ncc(Br)c(Oc3ccccc3C(=O)N(C)C)n2)cc(C)c1OC.[Cl][Zn][Cl]. The summed E-state index contributed by atoms with van der Waals surface area (Å²) < 4.78 is 33.7. The van der Waals surface area contributed by atoms with Gasteiger partial charge in [0.15, 0.2) is 23.0 Å². The number of hydrogen-bond donors (Lipinski definition) is 2. The quantitative estimate of drug-likeness (QED) is 0.0561. The number of rotatable bonds is 15. The molecule has 73 heavy (non-hydrogen) atoms. The van der Waals surface area contributed by atoms with E-state index < -0.39 is 15.1 Å². The van der Waals surface area contributed by atoms with Crippen molar-refractivity contribution in [1.29, 1.82) is 0 Å². The van der Waals surface area contributed by atoms with E-state index in [0.29, 0.717) is 60.5 Å². The Balaban J connectivity index is 0.000000370. The van der Waals surface area contributed by atoms with Crippen LogP contribution in [0.2, 0.25) is 5.28 Å². The molecule has 0 fully saturated rings. The average Bonchev–Trinajstić information content (AvgIpc) is 3.37. The molecule has 6 aromatic rings. The second-order valence-corrected chi connectivity index (χ2v) is 21.9. The van der Waals surface area contributed by atoms with Crippen molar-refractivity contribution in [2.75, 3.05) is 87.3 Å². The summed E-state index contributed by atoms with van der Waals surface area (Å²) in [5.41, 5.74) is 9.79. The van der Waals surface area contributed by atoms with Gasteiger partial charge in [-0.2, -0.15) is 9.97 Å². The number of nitrogen functional groups attached to an aromatic ring is 1. The van der Waals surface area contributed by atoms with E-state index in [0.717, 1.165) is 22.6 Å². The number of amides is 2. The first kappa shape index (κ1) is 63.9. The molecular formula is C50H62Br2Cl3N9O8Zn. The minimum absolute atomic E-state index is 0.0691. The fraction of sp³-hybridized carbons (Fsp3) is 0.320. The Kier molecular flexibility index (Phi) is 29.4. The van der Waals surface area contributed by atoms with Crippen molar-refractivity contribution < 1.29 is 53.2 Å². The monoisotopic (exact) mass is 1240 g/mol. The first-order valence-electron chi connectivity index (χ1n) is 22.3. The number of benzene rings is 4. The summed E-state index contributed by atoms with van der Waals surface area (Å²) in [6, 6.07) is 21.2. The molecule has 0 aliphatic heterocycles. The number of carbonyl (C=O) groups is 2. The van der Waals surface area contributed by atoms with Crippen molar-refractivity contribution >= 4 is 92.0 Å². The number of halogens is 5. The Hall–Kier alpha value is -5.21. The number of nitrogens with zero attached hydrogens (tertiary/aromatic N) is 7. The third-order valence-electron chi connectivity index (χ3n) is 9.80. The van der Waals surface area contributed by atoms with Crippen molar-refractivity contribution in [3.05, 3.63) is 122 Å². The summed E-state index contributed by atoms with van der Waals surface area (Å²) >= 11 is 11.5. The molecule has 3 N–H and O–H groups in total. The number of nitrogens with two attached hydrogens (primary N) is 1. The van der Waals surface area contributed by atoms with Gasteiger partial charge in [-0.05, 0) is 124 Å². The minimum atomic E-state index is -0.931. The molecule has 0 atom stereocenters. The third kappa shape index (κ3) is 20.6. The molecule has 4 aromatic carbocycles. The van der Waals surface area contributed by atoms with Gasteiger partial charge in [-0.15, -0.1) is 0 Å². The van der Waals surface area contributed by atoms with Gasteiger partial charge in [0.25, 0.3) is 11.8 Å². The second-order valence-electron chi connectivity index (χ2n) is 15.2. The van der Waals surface area contributed by atoms with Crippen LogP contribution in [0, 0.1) is 13.8 Å². The summed E-state index contributed by atoms with van der Waals surface area (Å²) in [5, 5.41) is 3.22. The Morgan fingerprint density at radius 3 is 1.49 bits per heavy atom. The number of anilines is 3. The van der Waals surface area contributed by atoms with Gasteiger partial charge in [-0.3, -0.25) is 9.59 Å². The molecule has 392 valence electrons. The van der Waals surface area contributed by atoms with E-state index in [-0.39, 0.29) is 28.9 Å². The summed E-state index contributed by atoms with van der Waals surface area (Å²) in [7, 11) is 23.0. The number of nitrogens with one attached hydrogen (secondary N) is 1. The number of aryl methyl sites for hydroxylation is 2. The van der Waals surface area contributed by atoms with Crippen LogP contribution in [0.3, 0.4) is 0 Å². The summed E-state index contributed by atoms with van der Waals surface area (Å²) in [5.74, 6) is 4.00. The molecule has 2 heterocycles. The molecule has 2 amide bonds. The molecule has 0 aliphatic rings. The number of para-hydroxylation sites is 2. The fourth-order valence-electron chi connectivity index (χ4n) is 6.25. The standard InChI is InChI=1S/C22H23BrN4O4.C13H11BrClN3O2.C9H13NO2.C6H15N.2ClH.Zn/c1-13-10-14(11-18(29-4)19(13)30-5)25-22-24-12-16(23)20(26-22)31-17-9-7-6-8-15(17)21(28)27(2)3;1-18(2)12(19)8-5-3-4-6-10(8)20-11-9(14)7-16-13(15)17-11;1-6-4-7(10)5-8(11-2)9(6)12-3;1-4-7(5-2)6-3;;;/h6-12H,1-5H3,(H,24,25,26);3-7H,1-2H3;4-5H,10H2,1-3H3;4-6H2,1-3H3;2*1H;/q;;;;;;+2/p-2. The number of aromatic nitrogens is 4. The predicted octanol–water partition coefficient (Wildman–Crippen LogP) is 12.5. The average molecular weight is 1250 g/mol. The van der Waals surface area contributed by atoms with E-state index in [1.165, 1.54) is 35.6 Å². The number of carbonyl (C=O) groups excluding carboxylic acids is 2. The van der Waals surface area contributed by atoms with Crippen LogP contribution in [0.25, 0.3) is 0 Å². The Bertz CT molecular complexity index is 2690. The number of methoxy groups -OCH3 is 4. The molecule has 0 radical (unpaired) electrons. The van der Waals surface area contributed by atoms with Crippen molar-refractivity contribution in [1.82, 2.24) is 34.6 Å². The van der Waals surface area contributed by atoms with Crippen LogP contribution in [0.4, 0.5) is 17.3 Å². The van der Waals surface area contributed by atoms with Crippen LogP contribution in [0.1, 0.15) is 52.6 Å². The van der Waals surface area contributed by atoms with Crippen molar-refractivity contribution in [2.45, 2.75) is 34.6 Å². The van der Waals surface area contributed by atoms with Crippen LogP contribution >= 0.6 is 62.8 Å². The van der Waals surface area contributed by atoms with Gasteiger partial charge in [0.05, 0.1) is 54.7 Å². The van der Waals surface area contributed by atoms with E-state index in [9.17, 15) is 9.59 Å². The van der Waals surface area contributed by atoms with Crippen LogP contribution in [-0.2, 0) is 15.1 Å². The van der Waals surface area contributed by atoms with E-state index in [1.807, 2.05) is 26.0 Å². The van der Waals surface area contributed by atoms with Gasteiger partial charge in [-0.1, -0.05) is 45.0 Å². The molecule has 0 bridgehead atoms. The molecule has 17 nitrogen and oxygen atoms in total. The van der Waals surface area contributed by atoms with Gasteiger partial charge in [0.2, 0.25) is 23.0 Å². The maximum absolute atomic E-state index is 12.5.